The Labute approximate surface area is 164 Å². The van der Waals surface area contributed by atoms with Crippen molar-refractivity contribution in [2.75, 3.05) is 5.32 Å². The van der Waals surface area contributed by atoms with Gasteiger partial charge in [0.15, 0.2) is 11.5 Å². The number of carboxylic acid groups (broad SMARTS) is 2. The van der Waals surface area contributed by atoms with Gasteiger partial charge in [-0.2, -0.15) is 4.72 Å². The number of carboxylic acids is 2. The lowest BCUT2D eigenvalue weighted by Crippen LogP contribution is -2.41. The van der Waals surface area contributed by atoms with Crippen LogP contribution in [0.2, 0.25) is 0 Å². The van der Waals surface area contributed by atoms with E-state index in [0.29, 0.717) is 22.7 Å². The van der Waals surface area contributed by atoms with Gasteiger partial charge in [0.2, 0.25) is 10.0 Å². The van der Waals surface area contributed by atoms with Gasteiger partial charge in [-0.3, -0.25) is 9.59 Å². The third kappa shape index (κ3) is 4.83. The number of anilines is 2. The smallest absolute Gasteiger partial charge is 0.321 e. The fourth-order valence-corrected chi connectivity index (χ4v) is 3.69. The van der Waals surface area contributed by atoms with Gasteiger partial charge in [-0.05, 0) is 30.7 Å². The van der Waals surface area contributed by atoms with E-state index in [2.05, 4.69) is 25.3 Å². The van der Waals surface area contributed by atoms with Crippen LogP contribution < -0.4 is 10.0 Å². The third-order valence-corrected chi connectivity index (χ3v) is 5.38. The number of H-pyrrole nitrogens is 1. The van der Waals surface area contributed by atoms with Crippen LogP contribution >= 0.6 is 0 Å². The molecule has 0 unspecified atom stereocenters. The number of benzene rings is 1. The van der Waals surface area contributed by atoms with Crippen molar-refractivity contribution >= 4 is 44.6 Å². The van der Waals surface area contributed by atoms with Crippen molar-refractivity contribution in [3.63, 3.8) is 0 Å². The number of rotatable bonds is 9. The molecule has 5 N–H and O–H groups in total. The number of aliphatic carboxylic acids is 2. The largest absolute Gasteiger partial charge is 0.481 e. The van der Waals surface area contributed by atoms with E-state index < -0.39 is 34.4 Å². The Kier molecular flexibility index (Phi) is 5.70. The van der Waals surface area contributed by atoms with Gasteiger partial charge in [0, 0.05) is 12.1 Å². The molecule has 0 amide bonds. The number of nitrogens with one attached hydrogen (secondary N) is 3. The molecule has 0 aliphatic rings. The van der Waals surface area contributed by atoms with Gasteiger partial charge in [-0.15, -0.1) is 0 Å². The molecule has 0 fully saturated rings. The van der Waals surface area contributed by atoms with E-state index in [1.54, 1.807) is 0 Å². The van der Waals surface area contributed by atoms with Crippen LogP contribution in [0.15, 0.2) is 41.8 Å². The SMILES string of the molecule is O=C(O)CC[C@H](NS(=O)(=O)c1ccc(Nc2ncnc3nc[nH]c23)cc1)C(=O)O. The van der Waals surface area contributed by atoms with Crippen molar-refractivity contribution in [2.45, 2.75) is 23.8 Å². The number of carbonyl (C=O) groups is 2. The second kappa shape index (κ2) is 8.20. The molecule has 0 saturated carbocycles. The molecule has 0 spiro atoms. The van der Waals surface area contributed by atoms with Gasteiger partial charge in [0.1, 0.15) is 17.9 Å². The van der Waals surface area contributed by atoms with E-state index in [1.807, 2.05) is 4.72 Å². The average molecular weight is 420 g/mol. The molecule has 1 aromatic carbocycles. The highest BCUT2D eigenvalue weighted by atomic mass is 32.2. The molecule has 3 aromatic rings. The van der Waals surface area contributed by atoms with Crippen molar-refractivity contribution in [1.29, 1.82) is 0 Å². The molecule has 3 rings (SSSR count). The Balaban J connectivity index is 1.75. The number of nitrogens with zero attached hydrogens (tertiary/aromatic N) is 3. The topological polar surface area (TPSA) is 187 Å². The molecule has 1 atom stereocenters. The fourth-order valence-electron chi connectivity index (χ4n) is 2.47. The maximum atomic E-state index is 12.4. The number of fused-ring (bicyclic) bond motifs is 1. The molecular weight excluding hydrogens is 404 g/mol. The predicted molar refractivity (Wildman–Crippen MR) is 100 cm³/mol. The number of hydrogen-bond acceptors (Lipinski definition) is 8. The summed E-state index contributed by atoms with van der Waals surface area (Å²) in [7, 11) is -4.16. The molecule has 0 bridgehead atoms. The normalized spacial score (nSPS) is 12.6. The monoisotopic (exact) mass is 420 g/mol. The Bertz CT molecular complexity index is 1140. The van der Waals surface area contributed by atoms with E-state index in [-0.39, 0.29) is 11.3 Å². The number of hydrogen-bond donors (Lipinski definition) is 5. The minimum absolute atomic E-state index is 0.168. The molecular formula is C16H16N6O6S. The highest BCUT2D eigenvalue weighted by Crippen LogP contribution is 2.21. The van der Waals surface area contributed by atoms with E-state index in [9.17, 15) is 18.0 Å². The van der Waals surface area contributed by atoms with Crippen LogP contribution in [-0.4, -0.2) is 56.5 Å². The molecule has 13 heteroatoms. The van der Waals surface area contributed by atoms with E-state index in [1.165, 1.54) is 36.9 Å². The summed E-state index contributed by atoms with van der Waals surface area (Å²) in [5, 5.41) is 20.8. The summed E-state index contributed by atoms with van der Waals surface area (Å²) in [6, 6.07) is 3.97. The fraction of sp³-hybridized carbons (Fsp3) is 0.188. The molecule has 29 heavy (non-hydrogen) atoms. The summed E-state index contributed by atoms with van der Waals surface area (Å²) < 4.78 is 26.9. The number of sulfonamides is 1. The number of imidazole rings is 1. The van der Waals surface area contributed by atoms with Crippen molar-refractivity contribution in [3.05, 3.63) is 36.9 Å². The van der Waals surface area contributed by atoms with Crippen LogP contribution in [0.1, 0.15) is 12.8 Å². The Morgan fingerprint density at radius 2 is 1.83 bits per heavy atom. The summed E-state index contributed by atoms with van der Waals surface area (Å²) in [6.45, 7) is 0. The first kappa shape index (κ1) is 20.2. The highest BCUT2D eigenvalue weighted by molar-refractivity contribution is 7.89. The third-order valence-electron chi connectivity index (χ3n) is 3.89. The van der Waals surface area contributed by atoms with Crippen LogP contribution in [0.4, 0.5) is 11.5 Å². The van der Waals surface area contributed by atoms with Crippen LogP contribution in [-0.2, 0) is 19.6 Å². The molecule has 2 aromatic heterocycles. The second-order valence-electron chi connectivity index (χ2n) is 5.92. The molecule has 152 valence electrons. The van der Waals surface area contributed by atoms with Gasteiger partial charge in [-0.25, -0.2) is 23.4 Å². The van der Waals surface area contributed by atoms with Crippen molar-refractivity contribution in [2.24, 2.45) is 0 Å². The molecule has 12 nitrogen and oxygen atoms in total. The minimum Gasteiger partial charge on any atom is -0.481 e. The molecule has 0 saturated heterocycles. The summed E-state index contributed by atoms with van der Waals surface area (Å²) in [5.74, 6) is -2.23. The summed E-state index contributed by atoms with van der Waals surface area (Å²) >= 11 is 0. The second-order valence-corrected chi connectivity index (χ2v) is 7.63. The Hall–Kier alpha value is -3.58. The minimum atomic E-state index is -4.16. The zero-order valence-electron chi connectivity index (χ0n) is 14.7. The average Bonchev–Trinajstić information content (AvgIpc) is 3.15. The molecule has 0 aliphatic heterocycles. The van der Waals surface area contributed by atoms with E-state index in [4.69, 9.17) is 10.2 Å². The summed E-state index contributed by atoms with van der Waals surface area (Å²) in [5.41, 5.74) is 1.57. The first-order valence-electron chi connectivity index (χ1n) is 8.24. The van der Waals surface area contributed by atoms with Crippen molar-refractivity contribution < 1.29 is 28.2 Å². The van der Waals surface area contributed by atoms with Crippen LogP contribution in [0.3, 0.4) is 0 Å². The van der Waals surface area contributed by atoms with Gasteiger partial charge >= 0.3 is 11.9 Å². The Morgan fingerprint density at radius 3 is 2.48 bits per heavy atom. The first-order chi connectivity index (χ1) is 13.8. The maximum absolute atomic E-state index is 12.4. The summed E-state index contributed by atoms with van der Waals surface area (Å²) in [4.78, 5) is 36.7. The van der Waals surface area contributed by atoms with Crippen molar-refractivity contribution in [3.8, 4) is 0 Å². The van der Waals surface area contributed by atoms with Crippen LogP contribution in [0.5, 0.6) is 0 Å². The number of aromatic nitrogens is 4. The molecule has 0 aliphatic carbocycles. The zero-order chi connectivity index (χ0) is 21.0. The van der Waals surface area contributed by atoms with Crippen LogP contribution in [0.25, 0.3) is 11.2 Å². The van der Waals surface area contributed by atoms with E-state index >= 15 is 0 Å². The molecule has 2 heterocycles. The van der Waals surface area contributed by atoms with E-state index in [0.717, 1.165) is 0 Å². The summed E-state index contributed by atoms with van der Waals surface area (Å²) in [6.07, 6.45) is 1.94. The van der Waals surface area contributed by atoms with Crippen LogP contribution in [0, 0.1) is 0 Å². The number of aromatic amines is 1. The predicted octanol–water partition coefficient (Wildman–Crippen LogP) is 0.693. The lowest BCUT2D eigenvalue weighted by Gasteiger charge is -2.14. The lowest BCUT2D eigenvalue weighted by atomic mass is 10.2. The van der Waals surface area contributed by atoms with Gasteiger partial charge in [0.05, 0.1) is 11.2 Å². The quantitative estimate of drug-likeness (QED) is 0.329. The maximum Gasteiger partial charge on any atom is 0.321 e. The standard InChI is InChI=1S/C16H16N6O6S/c23-12(24)6-5-11(16(25)26)22-29(27,28)10-3-1-9(2-4-10)21-15-13-14(18-7-17-13)19-8-20-15/h1-4,7-8,11,22H,5-6H2,(H,23,24)(H,25,26)(H2,17,18,19,20,21)/t11-/m0/s1. The Morgan fingerprint density at radius 1 is 1.10 bits per heavy atom. The van der Waals surface area contributed by atoms with Gasteiger partial charge in [-0.1, -0.05) is 0 Å². The first-order valence-corrected chi connectivity index (χ1v) is 9.72. The van der Waals surface area contributed by atoms with Gasteiger partial charge in [0.25, 0.3) is 0 Å². The highest BCUT2D eigenvalue weighted by Gasteiger charge is 2.26. The lowest BCUT2D eigenvalue weighted by molar-refractivity contribution is -0.140. The van der Waals surface area contributed by atoms with Crippen molar-refractivity contribution in [1.82, 2.24) is 24.7 Å². The van der Waals surface area contributed by atoms with Gasteiger partial charge < -0.3 is 20.5 Å². The molecule has 0 radical (unpaired) electrons. The zero-order valence-corrected chi connectivity index (χ0v) is 15.5.